The van der Waals surface area contributed by atoms with Gasteiger partial charge in [-0.3, -0.25) is 4.79 Å². The molecule has 3 fully saturated rings. The zero-order valence-corrected chi connectivity index (χ0v) is 10.8. The van der Waals surface area contributed by atoms with Crippen molar-refractivity contribution < 1.29 is 14.3 Å². The van der Waals surface area contributed by atoms with Crippen LogP contribution in [0.1, 0.15) is 19.3 Å². The Labute approximate surface area is 108 Å². The minimum Gasteiger partial charge on any atom is -0.378 e. The SMILES string of the molecule is O=C(C1COC2(CCNCC2)C1)N1CCOCC1. The molecule has 3 aliphatic heterocycles. The molecule has 3 aliphatic rings. The second-order valence-corrected chi connectivity index (χ2v) is 5.58. The summed E-state index contributed by atoms with van der Waals surface area (Å²) in [6.45, 7) is 5.46. The van der Waals surface area contributed by atoms with Crippen molar-refractivity contribution in [1.29, 1.82) is 0 Å². The molecule has 0 bridgehead atoms. The fraction of sp³-hybridized carbons (Fsp3) is 0.923. The molecule has 0 radical (unpaired) electrons. The lowest BCUT2D eigenvalue weighted by Gasteiger charge is -2.33. The van der Waals surface area contributed by atoms with Crippen LogP contribution in [0.2, 0.25) is 0 Å². The second-order valence-electron chi connectivity index (χ2n) is 5.58. The molecule has 1 spiro atoms. The Morgan fingerprint density at radius 1 is 1.22 bits per heavy atom. The number of carbonyl (C=O) groups excluding carboxylic acids is 1. The van der Waals surface area contributed by atoms with Crippen molar-refractivity contribution in [3.05, 3.63) is 0 Å². The topological polar surface area (TPSA) is 50.8 Å². The first-order valence-electron chi connectivity index (χ1n) is 7.00. The molecule has 0 aromatic heterocycles. The maximum atomic E-state index is 12.4. The van der Waals surface area contributed by atoms with Gasteiger partial charge < -0.3 is 19.7 Å². The van der Waals surface area contributed by atoms with Crippen LogP contribution in [0.5, 0.6) is 0 Å². The molecular formula is C13H22N2O3. The van der Waals surface area contributed by atoms with Crippen molar-refractivity contribution in [2.45, 2.75) is 24.9 Å². The fourth-order valence-corrected chi connectivity index (χ4v) is 3.28. The summed E-state index contributed by atoms with van der Waals surface area (Å²) < 4.78 is 11.3. The summed E-state index contributed by atoms with van der Waals surface area (Å²) in [6, 6.07) is 0. The summed E-state index contributed by atoms with van der Waals surface area (Å²) in [6.07, 6.45) is 2.99. The molecule has 0 aliphatic carbocycles. The van der Waals surface area contributed by atoms with Crippen LogP contribution in [0.25, 0.3) is 0 Å². The molecule has 1 amide bonds. The van der Waals surface area contributed by atoms with E-state index < -0.39 is 0 Å². The Kier molecular flexibility index (Phi) is 3.54. The van der Waals surface area contributed by atoms with Gasteiger partial charge in [-0.2, -0.15) is 0 Å². The van der Waals surface area contributed by atoms with E-state index in [-0.39, 0.29) is 17.4 Å². The van der Waals surface area contributed by atoms with Crippen molar-refractivity contribution in [1.82, 2.24) is 10.2 Å². The zero-order valence-electron chi connectivity index (χ0n) is 10.8. The van der Waals surface area contributed by atoms with Gasteiger partial charge in [-0.1, -0.05) is 0 Å². The molecule has 102 valence electrons. The molecule has 0 aromatic rings. The first-order valence-corrected chi connectivity index (χ1v) is 7.00. The highest BCUT2D eigenvalue weighted by Crippen LogP contribution is 2.37. The molecule has 1 unspecified atom stereocenters. The summed E-state index contributed by atoms with van der Waals surface area (Å²) >= 11 is 0. The normalized spacial score (nSPS) is 31.8. The molecule has 5 heteroatoms. The first kappa shape index (κ1) is 12.4. The number of hydrogen-bond donors (Lipinski definition) is 1. The van der Waals surface area contributed by atoms with Crippen molar-refractivity contribution in [3.8, 4) is 0 Å². The van der Waals surface area contributed by atoms with Crippen molar-refractivity contribution in [3.63, 3.8) is 0 Å². The van der Waals surface area contributed by atoms with E-state index >= 15 is 0 Å². The van der Waals surface area contributed by atoms with Crippen LogP contribution in [0, 0.1) is 5.92 Å². The predicted molar refractivity (Wildman–Crippen MR) is 66.3 cm³/mol. The van der Waals surface area contributed by atoms with Gasteiger partial charge in [0.1, 0.15) is 0 Å². The summed E-state index contributed by atoms with van der Waals surface area (Å²) in [4.78, 5) is 14.3. The van der Waals surface area contributed by atoms with Crippen molar-refractivity contribution in [2.24, 2.45) is 5.92 Å². The third-order valence-electron chi connectivity index (χ3n) is 4.40. The molecular weight excluding hydrogens is 232 g/mol. The molecule has 5 nitrogen and oxygen atoms in total. The van der Waals surface area contributed by atoms with Crippen LogP contribution >= 0.6 is 0 Å². The zero-order chi connectivity index (χ0) is 12.4. The van der Waals surface area contributed by atoms with E-state index in [0.717, 1.165) is 45.4 Å². The van der Waals surface area contributed by atoms with Gasteiger partial charge >= 0.3 is 0 Å². The lowest BCUT2D eigenvalue weighted by Crippen LogP contribution is -2.45. The van der Waals surface area contributed by atoms with Gasteiger partial charge in [0, 0.05) is 13.1 Å². The summed E-state index contributed by atoms with van der Waals surface area (Å²) in [5, 5.41) is 3.35. The van der Waals surface area contributed by atoms with Crippen LogP contribution < -0.4 is 5.32 Å². The highest BCUT2D eigenvalue weighted by atomic mass is 16.5. The molecule has 3 heterocycles. The van der Waals surface area contributed by atoms with Gasteiger partial charge in [-0.15, -0.1) is 0 Å². The summed E-state index contributed by atoms with van der Waals surface area (Å²) in [5.41, 5.74) is -0.0160. The van der Waals surface area contributed by atoms with E-state index in [2.05, 4.69) is 5.32 Å². The Hall–Kier alpha value is -0.650. The van der Waals surface area contributed by atoms with Gasteiger partial charge in [-0.25, -0.2) is 0 Å². The number of nitrogens with one attached hydrogen (secondary N) is 1. The van der Waals surface area contributed by atoms with Gasteiger partial charge in [0.2, 0.25) is 5.91 Å². The third-order valence-corrected chi connectivity index (χ3v) is 4.40. The Balaban J connectivity index is 1.59. The number of hydrogen-bond acceptors (Lipinski definition) is 4. The standard InChI is InChI=1S/C13H22N2O3/c16-12(15-5-7-17-8-6-15)11-9-13(18-10-11)1-3-14-4-2-13/h11,14H,1-10H2. The summed E-state index contributed by atoms with van der Waals surface area (Å²) in [5.74, 6) is 0.343. The van der Waals surface area contributed by atoms with E-state index in [0.29, 0.717) is 19.8 Å². The Morgan fingerprint density at radius 3 is 2.67 bits per heavy atom. The Morgan fingerprint density at radius 2 is 1.94 bits per heavy atom. The van der Waals surface area contributed by atoms with E-state index in [4.69, 9.17) is 9.47 Å². The van der Waals surface area contributed by atoms with Crippen LogP contribution in [0.15, 0.2) is 0 Å². The second kappa shape index (κ2) is 5.15. The fourth-order valence-electron chi connectivity index (χ4n) is 3.28. The third kappa shape index (κ3) is 2.39. The quantitative estimate of drug-likeness (QED) is 0.716. The number of nitrogens with zero attached hydrogens (tertiary/aromatic N) is 1. The van der Waals surface area contributed by atoms with E-state index in [9.17, 15) is 4.79 Å². The van der Waals surface area contributed by atoms with Gasteiger partial charge in [0.25, 0.3) is 0 Å². The van der Waals surface area contributed by atoms with Crippen molar-refractivity contribution in [2.75, 3.05) is 46.0 Å². The van der Waals surface area contributed by atoms with E-state index in [1.165, 1.54) is 0 Å². The van der Waals surface area contributed by atoms with Crippen LogP contribution in [-0.4, -0.2) is 62.4 Å². The predicted octanol–water partition coefficient (Wildman–Crippen LogP) is 0.00390. The van der Waals surface area contributed by atoms with Crippen LogP contribution in [0.3, 0.4) is 0 Å². The maximum Gasteiger partial charge on any atom is 0.228 e. The Bertz CT molecular complexity index is 309. The summed E-state index contributed by atoms with van der Waals surface area (Å²) in [7, 11) is 0. The molecule has 0 aromatic carbocycles. The number of amides is 1. The molecule has 3 rings (SSSR count). The van der Waals surface area contributed by atoms with Crippen LogP contribution in [-0.2, 0) is 14.3 Å². The monoisotopic (exact) mass is 254 g/mol. The highest BCUT2D eigenvalue weighted by molar-refractivity contribution is 5.79. The minimum absolute atomic E-state index is 0.0160. The van der Waals surface area contributed by atoms with Gasteiger partial charge in [-0.05, 0) is 32.4 Å². The number of piperidine rings is 1. The largest absolute Gasteiger partial charge is 0.378 e. The number of rotatable bonds is 1. The first-order chi connectivity index (χ1) is 8.79. The van der Waals surface area contributed by atoms with Crippen molar-refractivity contribution >= 4 is 5.91 Å². The molecule has 1 N–H and O–H groups in total. The molecule has 3 saturated heterocycles. The van der Waals surface area contributed by atoms with Gasteiger partial charge in [0.05, 0.1) is 31.3 Å². The molecule has 1 atom stereocenters. The molecule has 0 saturated carbocycles. The minimum atomic E-state index is -0.0160. The maximum absolute atomic E-state index is 12.4. The number of morpholine rings is 1. The lowest BCUT2D eigenvalue weighted by molar-refractivity contribution is -0.139. The van der Waals surface area contributed by atoms with Crippen LogP contribution in [0.4, 0.5) is 0 Å². The average molecular weight is 254 g/mol. The number of ether oxygens (including phenoxy) is 2. The van der Waals surface area contributed by atoms with E-state index in [1.54, 1.807) is 0 Å². The average Bonchev–Trinajstić information content (AvgIpc) is 2.83. The number of carbonyl (C=O) groups is 1. The smallest absolute Gasteiger partial charge is 0.228 e. The lowest BCUT2D eigenvalue weighted by atomic mass is 9.85. The van der Waals surface area contributed by atoms with Gasteiger partial charge in [0.15, 0.2) is 0 Å². The molecule has 18 heavy (non-hydrogen) atoms. The van der Waals surface area contributed by atoms with E-state index in [1.807, 2.05) is 4.90 Å². The highest BCUT2D eigenvalue weighted by Gasteiger charge is 2.44.